The molecule has 0 aromatic rings. The summed E-state index contributed by atoms with van der Waals surface area (Å²) in [5, 5.41) is 3.15. The molecule has 2 rings (SSSR count). The maximum absolute atomic E-state index is 5.87. The molecule has 4 nitrogen and oxygen atoms in total. The molecule has 92 valence electrons. The van der Waals surface area contributed by atoms with Crippen molar-refractivity contribution in [2.45, 2.75) is 57.7 Å². The molecule has 0 bridgehead atoms. The average Bonchev–Trinajstić information content (AvgIpc) is 2.07. The molecule has 2 saturated carbocycles. The fourth-order valence-corrected chi connectivity index (χ4v) is 2.98. The number of rotatable bonds is 3. The van der Waals surface area contributed by atoms with Crippen molar-refractivity contribution in [1.82, 2.24) is 5.32 Å². The van der Waals surface area contributed by atoms with Crippen molar-refractivity contribution < 1.29 is 4.74 Å². The highest BCUT2D eigenvalue weighted by Gasteiger charge is 2.58. The molecule has 2 aliphatic carbocycles. The fourth-order valence-electron chi connectivity index (χ4n) is 2.98. The fraction of sp³-hybridized carbons (Fsp3) is 0.917. The van der Waals surface area contributed by atoms with Crippen LogP contribution in [0.2, 0.25) is 0 Å². The normalized spacial score (nSPS) is 32.4. The number of methoxy groups -OCH3 is 1. The lowest BCUT2D eigenvalue weighted by Gasteiger charge is -2.59. The van der Waals surface area contributed by atoms with Crippen molar-refractivity contribution in [3.8, 4) is 0 Å². The van der Waals surface area contributed by atoms with Gasteiger partial charge >= 0.3 is 0 Å². The summed E-state index contributed by atoms with van der Waals surface area (Å²) < 4.78 is 5.51. The quantitative estimate of drug-likeness (QED) is 0.561. The number of nitrogens with one attached hydrogen (secondary N) is 1. The minimum atomic E-state index is 0.317. The van der Waals surface area contributed by atoms with Gasteiger partial charge in [0.05, 0.1) is 12.1 Å². The molecule has 2 aliphatic rings. The van der Waals surface area contributed by atoms with Gasteiger partial charge in [0.15, 0.2) is 5.96 Å². The van der Waals surface area contributed by atoms with Crippen molar-refractivity contribution in [1.29, 1.82) is 0 Å². The molecular formula is C12H23N3O. The molecule has 4 heteroatoms. The van der Waals surface area contributed by atoms with E-state index in [0.717, 1.165) is 6.42 Å². The highest BCUT2D eigenvalue weighted by atomic mass is 16.5. The predicted molar refractivity (Wildman–Crippen MR) is 65.4 cm³/mol. The van der Waals surface area contributed by atoms with Crippen LogP contribution in [0.4, 0.5) is 0 Å². The summed E-state index contributed by atoms with van der Waals surface area (Å²) in [6, 6.07) is 0.719. The smallest absolute Gasteiger partial charge is 0.189 e. The number of nitrogens with two attached hydrogens (primary N) is 1. The van der Waals surface area contributed by atoms with Crippen LogP contribution in [0.15, 0.2) is 4.99 Å². The van der Waals surface area contributed by atoms with E-state index in [1.165, 1.54) is 19.3 Å². The van der Waals surface area contributed by atoms with E-state index in [4.69, 9.17) is 10.5 Å². The lowest BCUT2D eigenvalue weighted by Crippen LogP contribution is -2.61. The van der Waals surface area contributed by atoms with Gasteiger partial charge in [0.1, 0.15) is 0 Å². The zero-order valence-corrected chi connectivity index (χ0v) is 10.5. The first kappa shape index (κ1) is 11.7. The minimum absolute atomic E-state index is 0.317. The Morgan fingerprint density at radius 3 is 2.62 bits per heavy atom. The lowest BCUT2D eigenvalue weighted by molar-refractivity contribution is -0.150. The van der Waals surface area contributed by atoms with Crippen molar-refractivity contribution >= 4 is 5.96 Å². The van der Waals surface area contributed by atoms with E-state index in [1.807, 2.05) is 0 Å². The molecule has 0 saturated heterocycles. The third-order valence-electron chi connectivity index (χ3n) is 4.04. The highest BCUT2D eigenvalue weighted by molar-refractivity contribution is 5.78. The molecule has 0 radical (unpaired) electrons. The van der Waals surface area contributed by atoms with E-state index in [1.54, 1.807) is 7.11 Å². The molecular weight excluding hydrogens is 202 g/mol. The number of guanidine groups is 1. The summed E-state index contributed by atoms with van der Waals surface area (Å²) in [5.41, 5.74) is 6.19. The number of aliphatic imine (C=N–C) groups is 1. The number of nitrogens with zero attached hydrogens (tertiary/aromatic N) is 1. The first-order chi connectivity index (χ1) is 7.58. The Labute approximate surface area is 97.6 Å². The summed E-state index contributed by atoms with van der Waals surface area (Å²) >= 11 is 0. The van der Waals surface area contributed by atoms with Gasteiger partial charge in [-0.15, -0.1) is 0 Å². The summed E-state index contributed by atoms with van der Waals surface area (Å²) in [4.78, 5) is 4.60. The molecule has 16 heavy (non-hydrogen) atoms. The van der Waals surface area contributed by atoms with Gasteiger partial charge in [0.25, 0.3) is 0 Å². The molecule has 0 amide bonds. The van der Waals surface area contributed by atoms with Crippen LogP contribution in [0.5, 0.6) is 0 Å². The molecule has 0 heterocycles. The van der Waals surface area contributed by atoms with E-state index in [-0.39, 0.29) is 0 Å². The van der Waals surface area contributed by atoms with E-state index in [0.29, 0.717) is 29.6 Å². The average molecular weight is 225 g/mol. The first-order valence-corrected chi connectivity index (χ1v) is 6.21. The SMILES string of the molecule is COC1CC(N=C(N)NC(C)C)C12CCC2. The van der Waals surface area contributed by atoms with Crippen LogP contribution in [-0.2, 0) is 4.74 Å². The third-order valence-corrected chi connectivity index (χ3v) is 4.04. The van der Waals surface area contributed by atoms with Gasteiger partial charge in [-0.05, 0) is 33.1 Å². The molecule has 2 fully saturated rings. The standard InChI is InChI=1S/C12H23N3O/c1-8(2)14-11(13)15-9-7-10(16-3)12(9)5-4-6-12/h8-10H,4-7H2,1-3H3,(H3,13,14,15). The maximum atomic E-state index is 5.87. The van der Waals surface area contributed by atoms with E-state index in [9.17, 15) is 0 Å². The molecule has 0 aliphatic heterocycles. The second kappa shape index (κ2) is 4.24. The van der Waals surface area contributed by atoms with Gasteiger partial charge in [0.2, 0.25) is 0 Å². The molecule has 0 aromatic heterocycles. The minimum Gasteiger partial charge on any atom is -0.381 e. The summed E-state index contributed by atoms with van der Waals surface area (Å²) in [7, 11) is 1.81. The molecule has 0 aromatic carbocycles. The Hall–Kier alpha value is -0.770. The van der Waals surface area contributed by atoms with Crippen LogP contribution < -0.4 is 11.1 Å². The zero-order chi connectivity index (χ0) is 11.8. The Morgan fingerprint density at radius 1 is 1.50 bits per heavy atom. The first-order valence-electron chi connectivity index (χ1n) is 6.21. The highest BCUT2D eigenvalue weighted by Crippen LogP contribution is 2.58. The van der Waals surface area contributed by atoms with Gasteiger partial charge in [0, 0.05) is 18.6 Å². The number of hydrogen-bond donors (Lipinski definition) is 2. The Bertz CT molecular complexity index is 284. The zero-order valence-electron chi connectivity index (χ0n) is 10.5. The van der Waals surface area contributed by atoms with Crippen LogP contribution in [0.1, 0.15) is 39.5 Å². The monoisotopic (exact) mass is 225 g/mol. The Balaban J connectivity index is 1.96. The topological polar surface area (TPSA) is 59.6 Å². The van der Waals surface area contributed by atoms with Gasteiger partial charge < -0.3 is 15.8 Å². The van der Waals surface area contributed by atoms with Crippen molar-refractivity contribution in [3.63, 3.8) is 0 Å². The van der Waals surface area contributed by atoms with Crippen molar-refractivity contribution in [2.75, 3.05) is 7.11 Å². The molecule has 1 spiro atoms. The van der Waals surface area contributed by atoms with Crippen LogP contribution in [-0.4, -0.2) is 31.3 Å². The van der Waals surface area contributed by atoms with Gasteiger partial charge in [-0.1, -0.05) is 6.42 Å². The number of hydrogen-bond acceptors (Lipinski definition) is 2. The van der Waals surface area contributed by atoms with Gasteiger partial charge in [-0.3, -0.25) is 0 Å². The Kier molecular flexibility index (Phi) is 3.10. The molecule has 3 N–H and O–H groups in total. The van der Waals surface area contributed by atoms with Crippen molar-refractivity contribution in [3.05, 3.63) is 0 Å². The van der Waals surface area contributed by atoms with Crippen molar-refractivity contribution in [2.24, 2.45) is 16.1 Å². The maximum Gasteiger partial charge on any atom is 0.189 e. The lowest BCUT2D eigenvalue weighted by atomic mass is 9.51. The van der Waals surface area contributed by atoms with Gasteiger partial charge in [-0.2, -0.15) is 0 Å². The van der Waals surface area contributed by atoms with E-state index < -0.39 is 0 Å². The van der Waals surface area contributed by atoms with E-state index in [2.05, 4.69) is 24.2 Å². The largest absolute Gasteiger partial charge is 0.381 e. The number of ether oxygens (including phenoxy) is 1. The summed E-state index contributed by atoms with van der Waals surface area (Å²) in [5.74, 6) is 0.584. The Morgan fingerprint density at radius 2 is 2.19 bits per heavy atom. The second-order valence-electron chi connectivity index (χ2n) is 5.38. The van der Waals surface area contributed by atoms with Crippen LogP contribution in [0.3, 0.4) is 0 Å². The molecule has 2 unspecified atom stereocenters. The van der Waals surface area contributed by atoms with Crippen LogP contribution >= 0.6 is 0 Å². The van der Waals surface area contributed by atoms with E-state index >= 15 is 0 Å². The van der Waals surface area contributed by atoms with Crippen LogP contribution in [0.25, 0.3) is 0 Å². The predicted octanol–water partition coefficient (Wildman–Crippen LogP) is 1.26. The summed E-state index contributed by atoms with van der Waals surface area (Å²) in [6.45, 7) is 4.14. The van der Waals surface area contributed by atoms with Crippen LogP contribution in [0, 0.1) is 5.41 Å². The summed E-state index contributed by atoms with van der Waals surface area (Å²) in [6.07, 6.45) is 5.23. The molecule has 2 atom stereocenters. The second-order valence-corrected chi connectivity index (χ2v) is 5.38. The third kappa shape index (κ3) is 1.79. The van der Waals surface area contributed by atoms with Gasteiger partial charge in [-0.25, -0.2) is 4.99 Å².